The summed E-state index contributed by atoms with van der Waals surface area (Å²) in [5, 5.41) is 5.82. The van der Waals surface area contributed by atoms with Gasteiger partial charge in [0.1, 0.15) is 24.0 Å². The Morgan fingerprint density at radius 3 is 1.38 bits per heavy atom. The van der Waals surface area contributed by atoms with E-state index in [0.717, 1.165) is 48.9 Å². The third kappa shape index (κ3) is 7.62. The lowest BCUT2D eigenvalue weighted by Crippen LogP contribution is -2.36. The van der Waals surface area contributed by atoms with Crippen LogP contribution in [0.4, 0.5) is 22.7 Å². The summed E-state index contributed by atoms with van der Waals surface area (Å²) in [7, 11) is 0. The average molecular weight is 569 g/mol. The first kappa shape index (κ1) is 28.6. The fourth-order valence-electron chi connectivity index (χ4n) is 4.54. The summed E-state index contributed by atoms with van der Waals surface area (Å²) in [6.07, 6.45) is 5.83. The number of amides is 2. The van der Waals surface area contributed by atoms with E-state index in [9.17, 15) is 9.59 Å². The highest BCUT2D eigenvalue weighted by Crippen LogP contribution is 2.27. The Morgan fingerprint density at radius 2 is 1.00 bits per heavy atom. The number of carbonyl (C=O) groups excluding carboxylic acids is 2. The molecule has 0 unspecified atom stereocenters. The fraction of sp³-hybridized carbons (Fsp3) is 0.267. The maximum Gasteiger partial charge on any atom is 0.274 e. The Balaban J connectivity index is 0.000000168. The molecule has 12 nitrogen and oxygen atoms in total. The predicted octanol–water partition coefficient (Wildman–Crippen LogP) is 3.13. The summed E-state index contributed by atoms with van der Waals surface area (Å²) in [4.78, 5) is 44.4. The number of nitrogens with zero attached hydrogens (tertiary/aromatic N) is 6. The number of benzene rings is 2. The molecule has 2 N–H and O–H groups in total. The van der Waals surface area contributed by atoms with Crippen molar-refractivity contribution in [2.24, 2.45) is 0 Å². The first-order chi connectivity index (χ1) is 20.7. The van der Waals surface area contributed by atoms with Crippen molar-refractivity contribution in [1.29, 1.82) is 0 Å². The molecule has 216 valence electrons. The van der Waals surface area contributed by atoms with Gasteiger partial charge >= 0.3 is 0 Å². The van der Waals surface area contributed by atoms with E-state index in [1.807, 2.05) is 48.5 Å². The molecule has 0 aliphatic carbocycles. The van der Waals surface area contributed by atoms with Crippen LogP contribution >= 0.6 is 0 Å². The van der Waals surface area contributed by atoms with Crippen molar-refractivity contribution in [1.82, 2.24) is 19.9 Å². The van der Waals surface area contributed by atoms with Crippen molar-refractivity contribution < 1.29 is 19.1 Å². The van der Waals surface area contributed by atoms with Crippen LogP contribution in [0.2, 0.25) is 0 Å². The number of morpholine rings is 2. The van der Waals surface area contributed by atoms with Gasteiger partial charge in [0.2, 0.25) is 0 Å². The van der Waals surface area contributed by atoms with E-state index in [4.69, 9.17) is 9.47 Å². The van der Waals surface area contributed by atoms with Crippen molar-refractivity contribution in [3.05, 3.63) is 97.1 Å². The molecule has 2 aromatic carbocycles. The molecular weight excluding hydrogens is 536 g/mol. The van der Waals surface area contributed by atoms with Crippen molar-refractivity contribution in [3.8, 4) is 0 Å². The SMILES string of the molecule is O=C(Nc1ccccc1N1CCOCC1)c1ccncn1.O=C(Nc1ccccc1N1CCOCC1)c1ccncn1. The number of para-hydroxylation sites is 4. The maximum atomic E-state index is 12.2. The average Bonchev–Trinajstić information content (AvgIpc) is 3.07. The van der Waals surface area contributed by atoms with Crippen LogP contribution in [-0.4, -0.2) is 84.4 Å². The van der Waals surface area contributed by atoms with E-state index in [-0.39, 0.29) is 11.8 Å². The molecule has 0 spiro atoms. The molecule has 4 heterocycles. The topological polar surface area (TPSA) is 135 Å². The van der Waals surface area contributed by atoms with Crippen LogP contribution in [0.15, 0.2) is 85.7 Å². The first-order valence-electron chi connectivity index (χ1n) is 13.7. The van der Waals surface area contributed by atoms with Crippen molar-refractivity contribution in [3.63, 3.8) is 0 Å². The summed E-state index contributed by atoms with van der Waals surface area (Å²) >= 11 is 0. The van der Waals surface area contributed by atoms with Gasteiger partial charge in [0, 0.05) is 38.6 Å². The van der Waals surface area contributed by atoms with Crippen LogP contribution in [0.25, 0.3) is 0 Å². The molecule has 2 saturated heterocycles. The van der Waals surface area contributed by atoms with Gasteiger partial charge in [-0.1, -0.05) is 24.3 Å². The van der Waals surface area contributed by atoms with Gasteiger partial charge in [-0.25, -0.2) is 19.9 Å². The highest BCUT2D eigenvalue weighted by molar-refractivity contribution is 6.05. The zero-order valence-corrected chi connectivity index (χ0v) is 23.1. The van der Waals surface area contributed by atoms with E-state index >= 15 is 0 Å². The van der Waals surface area contributed by atoms with Crippen molar-refractivity contribution in [2.45, 2.75) is 0 Å². The Kier molecular flexibility index (Phi) is 9.95. The number of anilines is 4. The first-order valence-corrected chi connectivity index (χ1v) is 13.7. The van der Waals surface area contributed by atoms with Crippen LogP contribution in [0.5, 0.6) is 0 Å². The van der Waals surface area contributed by atoms with Crippen LogP contribution < -0.4 is 20.4 Å². The molecule has 2 aliphatic heterocycles. The third-order valence-electron chi connectivity index (χ3n) is 6.64. The number of carbonyl (C=O) groups is 2. The summed E-state index contributed by atoms with van der Waals surface area (Å²) in [5.74, 6) is -0.476. The molecule has 2 amide bonds. The van der Waals surface area contributed by atoms with E-state index in [0.29, 0.717) is 37.8 Å². The normalized spacial score (nSPS) is 14.8. The number of aromatic nitrogens is 4. The van der Waals surface area contributed by atoms with E-state index in [1.165, 1.54) is 12.7 Å². The molecule has 0 saturated carbocycles. The minimum atomic E-state index is -0.238. The molecule has 2 aliphatic rings. The monoisotopic (exact) mass is 568 g/mol. The van der Waals surface area contributed by atoms with Gasteiger partial charge in [-0.3, -0.25) is 9.59 Å². The Bertz CT molecular complexity index is 1340. The van der Waals surface area contributed by atoms with Crippen LogP contribution in [0, 0.1) is 0 Å². The number of hydrogen-bond acceptors (Lipinski definition) is 10. The minimum absolute atomic E-state index is 0.238. The van der Waals surface area contributed by atoms with Gasteiger partial charge in [-0.15, -0.1) is 0 Å². The minimum Gasteiger partial charge on any atom is -0.378 e. The largest absolute Gasteiger partial charge is 0.378 e. The predicted molar refractivity (Wildman–Crippen MR) is 159 cm³/mol. The summed E-state index contributed by atoms with van der Waals surface area (Å²) in [6.45, 7) is 6.09. The lowest BCUT2D eigenvalue weighted by atomic mass is 10.2. The Hall–Kier alpha value is -4.94. The zero-order chi connectivity index (χ0) is 29.0. The molecule has 2 fully saturated rings. The number of nitrogens with one attached hydrogen (secondary N) is 2. The van der Waals surface area contributed by atoms with Crippen molar-refractivity contribution in [2.75, 3.05) is 73.0 Å². The molecule has 2 aromatic heterocycles. The highest BCUT2D eigenvalue weighted by atomic mass is 16.5. The van der Waals surface area contributed by atoms with Crippen LogP contribution in [0.3, 0.4) is 0 Å². The number of ether oxygens (including phenoxy) is 2. The summed E-state index contributed by atoms with van der Waals surface area (Å²) in [6, 6.07) is 18.7. The highest BCUT2D eigenvalue weighted by Gasteiger charge is 2.18. The maximum absolute atomic E-state index is 12.2. The lowest BCUT2D eigenvalue weighted by Gasteiger charge is -2.30. The number of hydrogen-bond donors (Lipinski definition) is 2. The van der Waals surface area contributed by atoms with Gasteiger partial charge in [0.05, 0.1) is 49.2 Å². The quantitative estimate of drug-likeness (QED) is 0.357. The second kappa shape index (κ2) is 14.6. The zero-order valence-electron chi connectivity index (χ0n) is 23.1. The Labute approximate surface area is 243 Å². The fourth-order valence-corrected chi connectivity index (χ4v) is 4.54. The Morgan fingerprint density at radius 1 is 0.595 bits per heavy atom. The van der Waals surface area contributed by atoms with Gasteiger partial charge in [0.25, 0.3) is 11.8 Å². The van der Waals surface area contributed by atoms with Crippen LogP contribution in [-0.2, 0) is 9.47 Å². The molecule has 0 bridgehead atoms. The molecule has 0 radical (unpaired) electrons. The van der Waals surface area contributed by atoms with Crippen molar-refractivity contribution >= 4 is 34.6 Å². The second-order valence-corrected chi connectivity index (χ2v) is 9.33. The number of rotatable bonds is 6. The van der Waals surface area contributed by atoms with Gasteiger partial charge in [0.15, 0.2) is 0 Å². The lowest BCUT2D eigenvalue weighted by molar-refractivity contribution is 0.101. The van der Waals surface area contributed by atoms with E-state index in [1.54, 1.807) is 24.5 Å². The molecule has 4 aromatic rings. The molecule has 6 rings (SSSR count). The molecule has 12 heteroatoms. The standard InChI is InChI=1S/2C15H16N4O2/c2*20-15(13-5-6-16-11-17-13)18-12-3-1-2-4-14(12)19-7-9-21-10-8-19/h2*1-6,11H,7-10H2,(H,18,20). The molecule has 42 heavy (non-hydrogen) atoms. The van der Waals surface area contributed by atoms with Gasteiger partial charge < -0.3 is 29.9 Å². The third-order valence-corrected chi connectivity index (χ3v) is 6.64. The van der Waals surface area contributed by atoms with Gasteiger partial charge in [-0.2, -0.15) is 0 Å². The van der Waals surface area contributed by atoms with Crippen LogP contribution in [0.1, 0.15) is 21.0 Å². The molecule has 0 atom stereocenters. The smallest absolute Gasteiger partial charge is 0.274 e. The summed E-state index contributed by atoms with van der Waals surface area (Å²) in [5.41, 5.74) is 4.26. The van der Waals surface area contributed by atoms with Gasteiger partial charge in [-0.05, 0) is 36.4 Å². The second-order valence-electron chi connectivity index (χ2n) is 9.33. The van der Waals surface area contributed by atoms with E-state index in [2.05, 4.69) is 40.4 Å². The van der Waals surface area contributed by atoms with E-state index < -0.39 is 0 Å². The molecular formula is C30H32N8O4. The summed E-state index contributed by atoms with van der Waals surface area (Å²) < 4.78 is 10.7.